The Bertz CT molecular complexity index is 703. The smallest absolute Gasteiger partial charge is 0.143 e. The van der Waals surface area contributed by atoms with Crippen molar-refractivity contribution in [1.29, 1.82) is 0 Å². The number of rotatable bonds is 4. The van der Waals surface area contributed by atoms with Crippen molar-refractivity contribution >= 4 is 28.4 Å². The van der Waals surface area contributed by atoms with Crippen LogP contribution in [0, 0.1) is 0 Å². The molecule has 2 aromatic carbocycles. The van der Waals surface area contributed by atoms with Gasteiger partial charge in [-0.1, -0.05) is 30.0 Å². The second-order valence-corrected chi connectivity index (χ2v) is 5.57. The average molecular weight is 284 g/mol. The van der Waals surface area contributed by atoms with E-state index in [4.69, 9.17) is 10.5 Å². The number of nitrogen functional groups attached to an aromatic ring is 1. The van der Waals surface area contributed by atoms with Gasteiger partial charge < -0.3 is 15.5 Å². The van der Waals surface area contributed by atoms with Gasteiger partial charge in [-0.15, -0.1) is 0 Å². The second-order valence-electron chi connectivity index (χ2n) is 4.46. The number of para-hydroxylation sites is 1. The molecule has 3 N–H and O–H groups in total. The number of nitrogens with one attached hydrogen (secondary N) is 1. The first-order valence-electron chi connectivity index (χ1n) is 6.54. The van der Waals surface area contributed by atoms with Gasteiger partial charge in [-0.05, 0) is 37.3 Å². The van der Waals surface area contributed by atoms with Crippen LogP contribution in [-0.2, 0) is 0 Å². The maximum Gasteiger partial charge on any atom is 0.143 e. The molecule has 3 rings (SSSR count). The fourth-order valence-corrected chi connectivity index (χ4v) is 2.99. The largest absolute Gasteiger partial charge is 0.492 e. The molecule has 3 aromatic rings. The summed E-state index contributed by atoms with van der Waals surface area (Å²) in [6.07, 6.45) is 0. The summed E-state index contributed by atoms with van der Waals surface area (Å²) in [5, 5.41) is 2.33. The van der Waals surface area contributed by atoms with E-state index in [1.165, 1.54) is 5.39 Å². The Morgan fingerprint density at radius 1 is 1.15 bits per heavy atom. The number of nitrogens with two attached hydrogens (primary N) is 1. The summed E-state index contributed by atoms with van der Waals surface area (Å²) in [6.45, 7) is 2.57. The minimum absolute atomic E-state index is 0.616. The normalized spacial score (nSPS) is 10.8. The SMILES string of the molecule is CCOc1cc(Sc2cc3ccccc3[nH]2)ccc1N. The van der Waals surface area contributed by atoms with E-state index in [0.29, 0.717) is 12.3 Å². The molecular weight excluding hydrogens is 268 g/mol. The zero-order chi connectivity index (χ0) is 13.9. The highest BCUT2D eigenvalue weighted by atomic mass is 32.2. The standard InChI is InChI=1S/C16H16N2OS/c1-2-19-15-10-12(7-8-13(15)17)20-16-9-11-5-3-4-6-14(11)18-16/h3-10,18H,2,17H2,1H3. The van der Waals surface area contributed by atoms with Crippen LogP contribution >= 0.6 is 11.8 Å². The van der Waals surface area contributed by atoms with Gasteiger partial charge in [0.15, 0.2) is 0 Å². The number of H-pyrrole nitrogens is 1. The van der Waals surface area contributed by atoms with Crippen LogP contribution in [0.2, 0.25) is 0 Å². The predicted octanol–water partition coefficient (Wildman–Crippen LogP) is 4.30. The zero-order valence-corrected chi connectivity index (χ0v) is 12.0. The third-order valence-corrected chi connectivity index (χ3v) is 3.95. The summed E-state index contributed by atoms with van der Waals surface area (Å²) in [4.78, 5) is 4.51. The molecule has 3 nitrogen and oxygen atoms in total. The molecule has 0 saturated carbocycles. The molecular formula is C16H16N2OS. The maximum absolute atomic E-state index is 5.89. The highest BCUT2D eigenvalue weighted by Gasteiger charge is 2.06. The van der Waals surface area contributed by atoms with Crippen LogP contribution < -0.4 is 10.5 Å². The highest BCUT2D eigenvalue weighted by Crippen LogP contribution is 2.34. The highest BCUT2D eigenvalue weighted by molar-refractivity contribution is 7.99. The minimum atomic E-state index is 0.616. The lowest BCUT2D eigenvalue weighted by Crippen LogP contribution is -1.96. The van der Waals surface area contributed by atoms with Gasteiger partial charge in [0.25, 0.3) is 0 Å². The molecule has 1 heterocycles. The van der Waals surface area contributed by atoms with Gasteiger partial charge in [-0.2, -0.15) is 0 Å². The Morgan fingerprint density at radius 3 is 2.80 bits per heavy atom. The first kappa shape index (κ1) is 12.9. The number of anilines is 1. The van der Waals surface area contributed by atoms with Gasteiger partial charge in [0.05, 0.1) is 17.3 Å². The van der Waals surface area contributed by atoms with E-state index in [-0.39, 0.29) is 0 Å². The van der Waals surface area contributed by atoms with Crippen molar-refractivity contribution in [2.75, 3.05) is 12.3 Å². The molecule has 0 aliphatic heterocycles. The van der Waals surface area contributed by atoms with Crippen LogP contribution in [0.5, 0.6) is 5.75 Å². The molecule has 0 fully saturated rings. The molecule has 4 heteroatoms. The van der Waals surface area contributed by atoms with E-state index >= 15 is 0 Å². The van der Waals surface area contributed by atoms with Gasteiger partial charge in [0.1, 0.15) is 5.75 Å². The van der Waals surface area contributed by atoms with Crippen molar-refractivity contribution in [2.45, 2.75) is 16.8 Å². The fourth-order valence-electron chi connectivity index (χ4n) is 2.09. The van der Waals surface area contributed by atoms with Crippen molar-refractivity contribution in [2.24, 2.45) is 0 Å². The lowest BCUT2D eigenvalue weighted by atomic mass is 10.3. The van der Waals surface area contributed by atoms with E-state index in [0.717, 1.165) is 21.2 Å². The number of aromatic nitrogens is 1. The van der Waals surface area contributed by atoms with E-state index in [1.807, 2.05) is 37.3 Å². The number of hydrogen-bond donors (Lipinski definition) is 2. The lowest BCUT2D eigenvalue weighted by molar-refractivity contribution is 0.341. The Kier molecular flexibility index (Phi) is 3.56. The molecule has 0 amide bonds. The number of fused-ring (bicyclic) bond motifs is 1. The topological polar surface area (TPSA) is 51.0 Å². The van der Waals surface area contributed by atoms with Crippen LogP contribution in [0.3, 0.4) is 0 Å². The van der Waals surface area contributed by atoms with Crippen molar-refractivity contribution in [3.8, 4) is 5.75 Å². The first-order chi connectivity index (χ1) is 9.76. The van der Waals surface area contributed by atoms with Crippen LogP contribution in [0.25, 0.3) is 10.9 Å². The summed E-state index contributed by atoms with van der Waals surface area (Å²) in [5.41, 5.74) is 7.71. The lowest BCUT2D eigenvalue weighted by Gasteiger charge is -2.08. The Labute approximate surface area is 122 Å². The van der Waals surface area contributed by atoms with E-state index in [1.54, 1.807) is 11.8 Å². The predicted molar refractivity (Wildman–Crippen MR) is 84.4 cm³/mol. The molecule has 0 saturated heterocycles. The monoisotopic (exact) mass is 284 g/mol. The third kappa shape index (κ3) is 2.60. The number of ether oxygens (including phenoxy) is 1. The van der Waals surface area contributed by atoms with E-state index < -0.39 is 0 Å². The molecule has 20 heavy (non-hydrogen) atoms. The summed E-state index contributed by atoms with van der Waals surface area (Å²) < 4.78 is 5.53. The Balaban J connectivity index is 1.88. The zero-order valence-electron chi connectivity index (χ0n) is 11.2. The molecule has 0 bridgehead atoms. The molecule has 102 valence electrons. The summed E-state index contributed by atoms with van der Waals surface area (Å²) >= 11 is 1.67. The quantitative estimate of drug-likeness (QED) is 0.702. The van der Waals surface area contributed by atoms with Crippen LogP contribution in [0.1, 0.15) is 6.92 Å². The number of aromatic amines is 1. The average Bonchev–Trinajstić information content (AvgIpc) is 2.85. The third-order valence-electron chi connectivity index (χ3n) is 3.02. The molecule has 0 atom stereocenters. The Hall–Kier alpha value is -2.07. The van der Waals surface area contributed by atoms with Crippen molar-refractivity contribution in [3.63, 3.8) is 0 Å². The number of benzene rings is 2. The van der Waals surface area contributed by atoms with Gasteiger partial charge in [0, 0.05) is 15.8 Å². The van der Waals surface area contributed by atoms with Gasteiger partial charge in [-0.3, -0.25) is 0 Å². The molecule has 0 unspecified atom stereocenters. The second kappa shape index (κ2) is 5.51. The fraction of sp³-hybridized carbons (Fsp3) is 0.125. The molecule has 1 aromatic heterocycles. The molecule has 0 aliphatic carbocycles. The Morgan fingerprint density at radius 2 is 2.00 bits per heavy atom. The molecule has 0 aliphatic rings. The van der Waals surface area contributed by atoms with E-state index in [2.05, 4.69) is 23.2 Å². The molecule has 0 radical (unpaired) electrons. The van der Waals surface area contributed by atoms with E-state index in [9.17, 15) is 0 Å². The molecule has 0 spiro atoms. The number of hydrogen-bond acceptors (Lipinski definition) is 3. The van der Waals surface area contributed by atoms with Gasteiger partial charge in [0.2, 0.25) is 0 Å². The van der Waals surface area contributed by atoms with Crippen LogP contribution in [0.15, 0.2) is 58.5 Å². The van der Waals surface area contributed by atoms with Crippen LogP contribution in [0.4, 0.5) is 5.69 Å². The van der Waals surface area contributed by atoms with Gasteiger partial charge in [-0.25, -0.2) is 0 Å². The van der Waals surface area contributed by atoms with Gasteiger partial charge >= 0.3 is 0 Å². The van der Waals surface area contributed by atoms with Crippen molar-refractivity contribution < 1.29 is 4.74 Å². The summed E-state index contributed by atoms with van der Waals surface area (Å²) in [7, 11) is 0. The maximum atomic E-state index is 5.89. The minimum Gasteiger partial charge on any atom is -0.492 e. The van der Waals surface area contributed by atoms with Crippen LogP contribution in [-0.4, -0.2) is 11.6 Å². The van der Waals surface area contributed by atoms with Crippen molar-refractivity contribution in [3.05, 3.63) is 48.5 Å². The summed E-state index contributed by atoms with van der Waals surface area (Å²) in [6, 6.07) is 16.3. The summed E-state index contributed by atoms with van der Waals surface area (Å²) in [5.74, 6) is 0.744. The van der Waals surface area contributed by atoms with Crippen molar-refractivity contribution in [1.82, 2.24) is 4.98 Å². The first-order valence-corrected chi connectivity index (χ1v) is 7.36.